The predicted molar refractivity (Wildman–Crippen MR) is 51.3 cm³/mol. The number of ether oxygens (including phenoxy) is 3. The van der Waals surface area contributed by atoms with Gasteiger partial charge in [-0.15, -0.1) is 0 Å². The number of rotatable bonds is 4. The van der Waals surface area contributed by atoms with Crippen molar-refractivity contribution >= 4 is 0 Å². The molecule has 6 heteroatoms. The smallest absolute Gasteiger partial charge is 0.440 e. The van der Waals surface area contributed by atoms with E-state index in [4.69, 9.17) is 14.9 Å². The second-order valence-electron chi connectivity index (χ2n) is 3.39. The number of hydrogen-bond donors (Lipinski definition) is 1. The van der Waals surface area contributed by atoms with Gasteiger partial charge in [-0.1, -0.05) is 0 Å². The van der Waals surface area contributed by atoms with Crippen LogP contribution in [0.5, 0.6) is 0 Å². The molecule has 6 nitrogen and oxygen atoms in total. The minimum atomic E-state index is -0.663. The molecule has 1 aliphatic rings. The molecule has 1 heterocycles. The normalized spacial score (nSPS) is 20.6. The summed E-state index contributed by atoms with van der Waals surface area (Å²) in [5.74, 6) is -1.05. The van der Waals surface area contributed by atoms with E-state index in [0.29, 0.717) is 26.1 Å². The lowest BCUT2D eigenvalue weighted by molar-refractivity contribution is -0.146. The highest BCUT2D eigenvalue weighted by Gasteiger charge is 2.34. The molecule has 1 rings (SSSR count). The molecule has 0 spiro atoms. The van der Waals surface area contributed by atoms with E-state index in [9.17, 15) is 5.11 Å². The third kappa shape index (κ3) is 3.08. The molecule has 0 aliphatic carbocycles. The quantitative estimate of drug-likeness (QED) is 0.571. The molecule has 0 radical (unpaired) electrons. The molecular weight excluding hydrogens is 200 g/mol. The SMILES string of the molecule is COC(O)=C(CCC1(C)OCCO1)[N+]#N. The Hall–Kier alpha value is -1.32. The van der Waals surface area contributed by atoms with Crippen LogP contribution in [0, 0.1) is 5.39 Å². The Balaban J connectivity index is 2.52. The lowest BCUT2D eigenvalue weighted by atomic mass is 10.1. The van der Waals surface area contributed by atoms with Crippen molar-refractivity contribution in [1.82, 2.24) is 0 Å². The lowest BCUT2D eigenvalue weighted by Crippen LogP contribution is -2.25. The fraction of sp³-hybridized carbons (Fsp3) is 0.778. The Morgan fingerprint density at radius 2 is 2.13 bits per heavy atom. The Morgan fingerprint density at radius 1 is 1.53 bits per heavy atom. The van der Waals surface area contributed by atoms with Crippen LogP contribution in [-0.4, -0.2) is 31.2 Å². The Labute approximate surface area is 88.1 Å². The van der Waals surface area contributed by atoms with Crippen LogP contribution >= 0.6 is 0 Å². The third-order valence-electron chi connectivity index (χ3n) is 2.27. The summed E-state index contributed by atoms with van der Waals surface area (Å²) in [6.45, 7) is 2.92. The number of hydrogen-bond acceptors (Lipinski definition) is 5. The van der Waals surface area contributed by atoms with Crippen molar-refractivity contribution < 1.29 is 19.3 Å². The maximum atomic E-state index is 9.20. The summed E-state index contributed by atoms with van der Waals surface area (Å²) >= 11 is 0. The first kappa shape index (κ1) is 11.8. The van der Waals surface area contributed by atoms with Gasteiger partial charge in [0.1, 0.15) is 0 Å². The first-order valence-corrected chi connectivity index (χ1v) is 4.70. The van der Waals surface area contributed by atoms with Crippen LogP contribution in [0.1, 0.15) is 19.8 Å². The molecule has 1 N–H and O–H groups in total. The molecule has 0 bridgehead atoms. The van der Waals surface area contributed by atoms with E-state index in [1.54, 1.807) is 6.92 Å². The second kappa shape index (κ2) is 4.96. The fourth-order valence-corrected chi connectivity index (χ4v) is 1.36. The lowest BCUT2D eigenvalue weighted by Gasteiger charge is -2.20. The van der Waals surface area contributed by atoms with Crippen LogP contribution in [0.3, 0.4) is 0 Å². The molecule has 84 valence electrons. The first-order chi connectivity index (χ1) is 7.11. The standard InChI is InChI=1S/C9H14N2O4/c1-9(14-5-6-15-9)4-3-7(11-10)8(12)13-2/h3-6H2,1-2H3/p+1. The van der Waals surface area contributed by atoms with Crippen molar-refractivity contribution in [2.45, 2.75) is 25.6 Å². The number of nitrogens with zero attached hydrogens (tertiary/aromatic N) is 2. The Bertz CT molecular complexity index is 289. The van der Waals surface area contributed by atoms with E-state index in [-0.39, 0.29) is 11.6 Å². The monoisotopic (exact) mass is 215 g/mol. The van der Waals surface area contributed by atoms with E-state index in [0.717, 1.165) is 0 Å². The van der Waals surface area contributed by atoms with Crippen molar-refractivity contribution in [2.75, 3.05) is 20.3 Å². The summed E-state index contributed by atoms with van der Waals surface area (Å²) in [4.78, 5) is 2.94. The molecule has 0 aromatic rings. The van der Waals surface area contributed by atoms with Crippen LogP contribution < -0.4 is 0 Å². The minimum Gasteiger partial charge on any atom is -0.475 e. The Kier molecular flexibility index (Phi) is 3.88. The van der Waals surface area contributed by atoms with Gasteiger partial charge in [0, 0.05) is 6.42 Å². The van der Waals surface area contributed by atoms with Crippen LogP contribution in [0.4, 0.5) is 0 Å². The number of aliphatic hydroxyl groups excluding tert-OH is 1. The molecule has 1 saturated heterocycles. The van der Waals surface area contributed by atoms with Crippen molar-refractivity contribution in [1.29, 1.82) is 5.39 Å². The molecule has 15 heavy (non-hydrogen) atoms. The average Bonchev–Trinajstić information content (AvgIpc) is 2.66. The van der Waals surface area contributed by atoms with Crippen LogP contribution in [0.25, 0.3) is 4.98 Å². The highest BCUT2D eigenvalue weighted by molar-refractivity contribution is 5.09. The van der Waals surface area contributed by atoms with E-state index in [2.05, 4.69) is 9.71 Å². The summed E-state index contributed by atoms with van der Waals surface area (Å²) in [6, 6.07) is 0. The highest BCUT2D eigenvalue weighted by atomic mass is 16.7. The molecule has 1 fully saturated rings. The first-order valence-electron chi connectivity index (χ1n) is 4.70. The topological polar surface area (TPSA) is 76.1 Å². The van der Waals surface area contributed by atoms with Gasteiger partial charge in [0.15, 0.2) is 10.8 Å². The summed E-state index contributed by atoms with van der Waals surface area (Å²) in [5, 5.41) is 17.8. The van der Waals surface area contributed by atoms with Gasteiger partial charge in [-0.25, -0.2) is 0 Å². The number of allylic oxidation sites excluding steroid dienone is 1. The maximum Gasteiger partial charge on any atom is 0.440 e. The van der Waals surface area contributed by atoms with E-state index >= 15 is 0 Å². The van der Waals surface area contributed by atoms with Gasteiger partial charge in [0.05, 0.1) is 26.7 Å². The van der Waals surface area contributed by atoms with E-state index < -0.39 is 5.79 Å². The molecule has 0 saturated carbocycles. The van der Waals surface area contributed by atoms with Gasteiger partial charge in [0.2, 0.25) is 5.39 Å². The Morgan fingerprint density at radius 3 is 2.60 bits per heavy atom. The molecule has 0 unspecified atom stereocenters. The number of aliphatic hydroxyl groups is 1. The zero-order valence-electron chi connectivity index (χ0n) is 8.89. The number of diazo groups is 1. The van der Waals surface area contributed by atoms with Crippen LogP contribution in [0.2, 0.25) is 0 Å². The fourth-order valence-electron chi connectivity index (χ4n) is 1.36. The zero-order valence-corrected chi connectivity index (χ0v) is 8.89. The summed E-state index contributed by atoms with van der Waals surface area (Å²) in [5.41, 5.74) is 0.0813. The maximum absolute atomic E-state index is 9.20. The third-order valence-corrected chi connectivity index (χ3v) is 2.27. The molecule has 0 aromatic carbocycles. The second-order valence-corrected chi connectivity index (χ2v) is 3.39. The number of methoxy groups -OCH3 is 1. The molecule has 1 aliphatic heterocycles. The van der Waals surface area contributed by atoms with Crippen LogP contribution in [-0.2, 0) is 14.2 Å². The summed E-state index contributed by atoms with van der Waals surface area (Å²) in [6.07, 6.45) is 0.798. The van der Waals surface area contributed by atoms with E-state index in [1.165, 1.54) is 7.11 Å². The van der Waals surface area contributed by atoms with Crippen molar-refractivity contribution in [3.8, 4) is 0 Å². The van der Waals surface area contributed by atoms with Gasteiger partial charge < -0.3 is 19.3 Å². The van der Waals surface area contributed by atoms with Gasteiger partial charge in [-0.2, -0.15) is 0 Å². The highest BCUT2D eigenvalue weighted by Crippen LogP contribution is 2.26. The minimum absolute atomic E-state index is 0.0813. The van der Waals surface area contributed by atoms with Crippen LogP contribution in [0.15, 0.2) is 11.6 Å². The summed E-state index contributed by atoms with van der Waals surface area (Å²) < 4.78 is 15.3. The zero-order chi connectivity index (χ0) is 11.3. The van der Waals surface area contributed by atoms with Crippen molar-refractivity contribution in [3.05, 3.63) is 16.6 Å². The summed E-state index contributed by atoms with van der Waals surface area (Å²) in [7, 11) is 1.30. The predicted octanol–water partition coefficient (Wildman–Crippen LogP) is 1.76. The largest absolute Gasteiger partial charge is 0.475 e. The molecule has 0 aromatic heterocycles. The van der Waals surface area contributed by atoms with Gasteiger partial charge in [-0.05, 0) is 6.92 Å². The molecular formula is C9H15N2O4+. The molecule has 0 atom stereocenters. The van der Waals surface area contributed by atoms with Gasteiger partial charge in [-0.3, -0.25) is 0 Å². The average molecular weight is 215 g/mol. The van der Waals surface area contributed by atoms with Crippen molar-refractivity contribution in [3.63, 3.8) is 0 Å². The molecule has 0 amide bonds. The van der Waals surface area contributed by atoms with Crippen molar-refractivity contribution in [2.24, 2.45) is 0 Å². The van der Waals surface area contributed by atoms with Gasteiger partial charge >= 0.3 is 11.6 Å². The van der Waals surface area contributed by atoms with E-state index in [1.807, 2.05) is 0 Å². The van der Waals surface area contributed by atoms with Gasteiger partial charge in [0.25, 0.3) is 0 Å².